The first kappa shape index (κ1) is 15.3. The molecule has 0 aromatic heterocycles. The third-order valence-corrected chi connectivity index (χ3v) is 2.84. The second kappa shape index (κ2) is 7.08. The monoisotopic (exact) mass is 296 g/mol. The van der Waals surface area contributed by atoms with Crippen LogP contribution in [0.15, 0.2) is 66.7 Å². The van der Waals surface area contributed by atoms with Crippen LogP contribution in [0.25, 0.3) is 11.1 Å². The molecule has 0 heterocycles. The van der Waals surface area contributed by atoms with Gasteiger partial charge in [0.05, 0.1) is 5.69 Å². The first-order valence-corrected chi connectivity index (χ1v) is 6.66. The Bertz CT molecular complexity index is 696. The largest absolute Gasteiger partial charge is 0.358 e. The summed E-state index contributed by atoms with van der Waals surface area (Å²) in [6, 6.07) is 16.4. The fourth-order valence-corrected chi connectivity index (χ4v) is 1.79. The van der Waals surface area contributed by atoms with Crippen molar-refractivity contribution < 1.29 is 14.4 Å². The van der Waals surface area contributed by atoms with Crippen molar-refractivity contribution in [2.75, 3.05) is 5.32 Å². The Morgan fingerprint density at radius 2 is 1.64 bits per heavy atom. The maximum absolute atomic E-state index is 11.8. The van der Waals surface area contributed by atoms with Gasteiger partial charge in [0.15, 0.2) is 0 Å². The molecule has 0 bridgehead atoms. The Hall–Kier alpha value is -3.08. The third kappa shape index (κ3) is 3.96. The van der Waals surface area contributed by atoms with Crippen LogP contribution in [0.3, 0.4) is 0 Å². The SMILES string of the molecule is C=C(C)C(=O)ONC(=O)Nc1ccccc1-c1ccccc1. The first-order valence-electron chi connectivity index (χ1n) is 6.66. The van der Waals surface area contributed by atoms with E-state index in [0.717, 1.165) is 11.1 Å². The Labute approximate surface area is 128 Å². The van der Waals surface area contributed by atoms with Crippen molar-refractivity contribution >= 4 is 17.7 Å². The highest BCUT2D eigenvalue weighted by Gasteiger charge is 2.10. The number of nitrogens with one attached hydrogen (secondary N) is 2. The molecule has 2 amide bonds. The Morgan fingerprint density at radius 1 is 1.00 bits per heavy atom. The standard InChI is InChI=1S/C17H16N2O3/c1-12(2)16(20)22-19-17(21)18-15-11-7-6-10-14(15)13-8-4-3-5-9-13/h3-11H,1H2,2H3,(H2,18,19,21). The van der Waals surface area contributed by atoms with Crippen LogP contribution < -0.4 is 10.8 Å². The number of para-hydroxylation sites is 1. The van der Waals surface area contributed by atoms with E-state index >= 15 is 0 Å². The van der Waals surface area contributed by atoms with Crippen LogP contribution >= 0.6 is 0 Å². The number of carbonyl (C=O) groups is 2. The molecule has 2 aromatic carbocycles. The van der Waals surface area contributed by atoms with Crippen LogP contribution in [0.1, 0.15) is 6.92 Å². The lowest BCUT2D eigenvalue weighted by Crippen LogP contribution is -2.31. The van der Waals surface area contributed by atoms with Crippen molar-refractivity contribution in [2.24, 2.45) is 0 Å². The second-order valence-electron chi connectivity index (χ2n) is 4.64. The molecule has 0 aliphatic carbocycles. The van der Waals surface area contributed by atoms with Crippen LogP contribution in [0.4, 0.5) is 10.5 Å². The summed E-state index contributed by atoms with van der Waals surface area (Å²) in [5.74, 6) is -0.688. The van der Waals surface area contributed by atoms with Crippen LogP contribution in [0, 0.1) is 0 Å². The fourth-order valence-electron chi connectivity index (χ4n) is 1.79. The number of benzene rings is 2. The van der Waals surface area contributed by atoms with E-state index < -0.39 is 12.0 Å². The fraction of sp³-hybridized carbons (Fsp3) is 0.0588. The van der Waals surface area contributed by atoms with Gasteiger partial charge in [-0.25, -0.2) is 9.59 Å². The molecule has 0 unspecified atom stereocenters. The molecule has 2 N–H and O–H groups in total. The van der Waals surface area contributed by atoms with Crippen LogP contribution in [0.5, 0.6) is 0 Å². The molecule has 2 rings (SSSR count). The molecule has 5 heteroatoms. The zero-order valence-electron chi connectivity index (χ0n) is 12.1. The summed E-state index contributed by atoms with van der Waals surface area (Å²) >= 11 is 0. The zero-order valence-corrected chi connectivity index (χ0v) is 12.1. The Kier molecular flexibility index (Phi) is 4.93. The van der Waals surface area contributed by atoms with E-state index in [4.69, 9.17) is 0 Å². The molecule has 22 heavy (non-hydrogen) atoms. The number of hydrogen-bond donors (Lipinski definition) is 2. The van der Waals surface area contributed by atoms with Gasteiger partial charge in [-0.3, -0.25) is 0 Å². The number of amides is 2. The number of anilines is 1. The zero-order chi connectivity index (χ0) is 15.9. The predicted molar refractivity (Wildman–Crippen MR) is 84.9 cm³/mol. The van der Waals surface area contributed by atoms with Gasteiger partial charge < -0.3 is 10.2 Å². The lowest BCUT2D eigenvalue weighted by Gasteiger charge is -2.12. The molecule has 0 aliphatic rings. The van der Waals surface area contributed by atoms with E-state index in [1.165, 1.54) is 6.92 Å². The summed E-state index contributed by atoms with van der Waals surface area (Å²) in [6.07, 6.45) is 0. The number of rotatable bonds is 3. The van der Waals surface area contributed by atoms with Crippen molar-refractivity contribution in [3.05, 3.63) is 66.7 Å². The molecule has 0 fully saturated rings. The van der Waals surface area contributed by atoms with Gasteiger partial charge in [-0.2, -0.15) is 5.48 Å². The molecule has 0 atom stereocenters. The summed E-state index contributed by atoms with van der Waals surface area (Å²) in [7, 11) is 0. The van der Waals surface area contributed by atoms with Crippen LogP contribution in [0.2, 0.25) is 0 Å². The molecule has 0 spiro atoms. The minimum atomic E-state index is -0.688. The van der Waals surface area contributed by atoms with Gasteiger partial charge in [0, 0.05) is 11.1 Å². The molecule has 2 aromatic rings. The topological polar surface area (TPSA) is 67.4 Å². The van der Waals surface area contributed by atoms with Gasteiger partial charge in [0.1, 0.15) is 0 Å². The molecule has 0 aliphatic heterocycles. The van der Waals surface area contributed by atoms with Gasteiger partial charge >= 0.3 is 12.0 Å². The van der Waals surface area contributed by atoms with Crippen molar-refractivity contribution in [2.45, 2.75) is 6.92 Å². The van der Waals surface area contributed by atoms with Gasteiger partial charge in [-0.05, 0) is 18.6 Å². The van der Waals surface area contributed by atoms with Gasteiger partial charge in [-0.15, -0.1) is 0 Å². The van der Waals surface area contributed by atoms with Crippen molar-refractivity contribution in [3.63, 3.8) is 0 Å². The third-order valence-electron chi connectivity index (χ3n) is 2.84. The summed E-state index contributed by atoms with van der Waals surface area (Å²) in [5.41, 5.74) is 4.67. The van der Waals surface area contributed by atoms with Gasteiger partial charge in [0.25, 0.3) is 0 Å². The highest BCUT2D eigenvalue weighted by Crippen LogP contribution is 2.27. The molecule has 5 nitrogen and oxygen atoms in total. The molecular weight excluding hydrogens is 280 g/mol. The molecule has 112 valence electrons. The Balaban J connectivity index is 2.09. The normalized spacial score (nSPS) is 9.68. The molecule has 0 saturated heterocycles. The van der Waals surface area contributed by atoms with Crippen LogP contribution in [-0.2, 0) is 9.63 Å². The highest BCUT2D eigenvalue weighted by molar-refractivity contribution is 5.95. The summed E-state index contributed by atoms with van der Waals surface area (Å²) in [6.45, 7) is 4.92. The van der Waals surface area contributed by atoms with E-state index in [1.54, 1.807) is 6.07 Å². The predicted octanol–water partition coefficient (Wildman–Crippen LogP) is 3.51. The number of carbonyl (C=O) groups excluding carboxylic acids is 2. The minimum absolute atomic E-state index is 0.199. The van der Waals surface area contributed by atoms with Crippen LogP contribution in [-0.4, -0.2) is 12.0 Å². The average Bonchev–Trinajstić information content (AvgIpc) is 2.54. The molecule has 0 saturated carbocycles. The summed E-state index contributed by atoms with van der Waals surface area (Å²) in [5, 5.41) is 2.65. The van der Waals surface area contributed by atoms with Crippen molar-refractivity contribution in [1.29, 1.82) is 0 Å². The Morgan fingerprint density at radius 3 is 2.32 bits per heavy atom. The van der Waals surface area contributed by atoms with Gasteiger partial charge in [-0.1, -0.05) is 55.1 Å². The second-order valence-corrected chi connectivity index (χ2v) is 4.64. The molecule has 0 radical (unpaired) electrons. The number of urea groups is 1. The number of hydrogen-bond acceptors (Lipinski definition) is 3. The van der Waals surface area contributed by atoms with E-state index in [-0.39, 0.29) is 5.57 Å². The number of hydroxylamine groups is 1. The highest BCUT2D eigenvalue weighted by atomic mass is 16.7. The first-order chi connectivity index (χ1) is 10.6. The summed E-state index contributed by atoms with van der Waals surface area (Å²) in [4.78, 5) is 27.6. The van der Waals surface area contributed by atoms with E-state index in [0.29, 0.717) is 5.69 Å². The molecular formula is C17H16N2O3. The maximum atomic E-state index is 11.8. The average molecular weight is 296 g/mol. The van der Waals surface area contributed by atoms with E-state index in [2.05, 4.69) is 16.7 Å². The lowest BCUT2D eigenvalue weighted by molar-refractivity contribution is -0.143. The quantitative estimate of drug-likeness (QED) is 0.673. The van der Waals surface area contributed by atoms with Crippen molar-refractivity contribution in [1.82, 2.24) is 5.48 Å². The van der Waals surface area contributed by atoms with Crippen molar-refractivity contribution in [3.8, 4) is 11.1 Å². The minimum Gasteiger partial charge on any atom is -0.334 e. The maximum Gasteiger partial charge on any atom is 0.358 e. The van der Waals surface area contributed by atoms with E-state index in [9.17, 15) is 9.59 Å². The van der Waals surface area contributed by atoms with E-state index in [1.807, 2.05) is 54.0 Å². The lowest BCUT2D eigenvalue weighted by atomic mass is 10.0. The smallest absolute Gasteiger partial charge is 0.334 e. The summed E-state index contributed by atoms with van der Waals surface area (Å²) < 4.78 is 0. The van der Waals surface area contributed by atoms with Gasteiger partial charge in [0.2, 0.25) is 0 Å².